The summed E-state index contributed by atoms with van der Waals surface area (Å²) in [5, 5.41) is 0. The van der Waals surface area contributed by atoms with Crippen LogP contribution in [0.1, 0.15) is 25.4 Å². The fraction of sp³-hybridized carbons (Fsp3) is 0.600. The van der Waals surface area contributed by atoms with Gasteiger partial charge in [0.25, 0.3) is 5.56 Å². The number of H-pyrrole nitrogens is 1. The first kappa shape index (κ1) is 12.6. The molecule has 1 rings (SSSR count). The standard InChI is InChI=1S/C10H15ClN2OS/c1-7(2)5-15-6-9-12-8(4-11)3-10(14)13-9/h3,7H,4-6H2,1-2H3,(H,12,13,14). The number of hydrogen-bond donors (Lipinski definition) is 1. The van der Waals surface area contributed by atoms with E-state index in [1.54, 1.807) is 11.8 Å². The van der Waals surface area contributed by atoms with Crippen LogP contribution in [-0.2, 0) is 11.6 Å². The highest BCUT2D eigenvalue weighted by atomic mass is 35.5. The second-order valence-corrected chi connectivity index (χ2v) is 5.02. The third-order valence-corrected chi connectivity index (χ3v) is 3.32. The molecular formula is C10H15ClN2OS. The molecule has 3 nitrogen and oxygen atoms in total. The molecule has 0 aliphatic carbocycles. The Morgan fingerprint density at radius 1 is 1.60 bits per heavy atom. The smallest absolute Gasteiger partial charge is 0.251 e. The van der Waals surface area contributed by atoms with E-state index in [9.17, 15) is 4.79 Å². The zero-order chi connectivity index (χ0) is 11.3. The molecule has 0 unspecified atom stereocenters. The van der Waals surface area contributed by atoms with Gasteiger partial charge in [0.05, 0.1) is 17.3 Å². The van der Waals surface area contributed by atoms with E-state index in [-0.39, 0.29) is 11.4 Å². The van der Waals surface area contributed by atoms with E-state index >= 15 is 0 Å². The zero-order valence-corrected chi connectivity index (χ0v) is 10.5. The maximum absolute atomic E-state index is 11.2. The first-order valence-electron chi connectivity index (χ1n) is 4.84. The number of aromatic nitrogens is 2. The fourth-order valence-electron chi connectivity index (χ4n) is 1.09. The van der Waals surface area contributed by atoms with Gasteiger partial charge in [-0.15, -0.1) is 11.6 Å². The highest BCUT2D eigenvalue weighted by Gasteiger charge is 2.01. The average molecular weight is 247 g/mol. The molecule has 15 heavy (non-hydrogen) atoms. The van der Waals surface area contributed by atoms with Crippen molar-refractivity contribution in [2.75, 3.05) is 5.75 Å². The van der Waals surface area contributed by atoms with Crippen molar-refractivity contribution in [1.29, 1.82) is 0 Å². The summed E-state index contributed by atoms with van der Waals surface area (Å²) in [4.78, 5) is 18.2. The largest absolute Gasteiger partial charge is 0.310 e. The molecule has 1 aromatic heterocycles. The summed E-state index contributed by atoms with van der Waals surface area (Å²) >= 11 is 7.40. The molecule has 1 aromatic rings. The summed E-state index contributed by atoms with van der Waals surface area (Å²) in [5.41, 5.74) is 0.515. The minimum Gasteiger partial charge on any atom is -0.310 e. The topological polar surface area (TPSA) is 45.8 Å². The van der Waals surface area contributed by atoms with E-state index in [0.29, 0.717) is 17.4 Å². The molecule has 0 amide bonds. The molecule has 0 atom stereocenters. The Labute approximate surface area is 98.6 Å². The third-order valence-electron chi connectivity index (χ3n) is 1.67. The highest BCUT2D eigenvalue weighted by molar-refractivity contribution is 7.98. The lowest BCUT2D eigenvalue weighted by atomic mass is 10.3. The van der Waals surface area contributed by atoms with Gasteiger partial charge in [0.15, 0.2) is 0 Å². The van der Waals surface area contributed by atoms with Crippen LogP contribution >= 0.6 is 23.4 Å². The summed E-state index contributed by atoms with van der Waals surface area (Å²) in [5.74, 6) is 3.44. The first-order valence-corrected chi connectivity index (χ1v) is 6.53. The Balaban J connectivity index is 2.60. The molecule has 0 radical (unpaired) electrons. The third kappa shape index (κ3) is 4.71. The first-order chi connectivity index (χ1) is 7.11. The van der Waals surface area contributed by atoms with Crippen LogP contribution in [0, 0.1) is 5.92 Å². The van der Waals surface area contributed by atoms with Gasteiger partial charge in [-0.25, -0.2) is 4.98 Å². The minimum atomic E-state index is -0.124. The van der Waals surface area contributed by atoms with Crippen molar-refractivity contribution >= 4 is 23.4 Å². The van der Waals surface area contributed by atoms with Gasteiger partial charge in [-0.2, -0.15) is 11.8 Å². The molecule has 1 heterocycles. The van der Waals surface area contributed by atoms with E-state index in [2.05, 4.69) is 23.8 Å². The number of aromatic amines is 1. The predicted molar refractivity (Wildman–Crippen MR) is 65.4 cm³/mol. The van der Waals surface area contributed by atoms with E-state index in [1.807, 2.05) is 0 Å². The van der Waals surface area contributed by atoms with Gasteiger partial charge in [0.2, 0.25) is 0 Å². The van der Waals surface area contributed by atoms with Gasteiger partial charge in [0.1, 0.15) is 5.82 Å². The van der Waals surface area contributed by atoms with Crippen molar-refractivity contribution in [2.45, 2.75) is 25.5 Å². The monoisotopic (exact) mass is 246 g/mol. The van der Waals surface area contributed by atoms with E-state index < -0.39 is 0 Å². The van der Waals surface area contributed by atoms with Crippen molar-refractivity contribution in [3.63, 3.8) is 0 Å². The van der Waals surface area contributed by atoms with Crippen LogP contribution in [0.25, 0.3) is 0 Å². The van der Waals surface area contributed by atoms with Gasteiger partial charge >= 0.3 is 0 Å². The summed E-state index contributed by atoms with van der Waals surface area (Å²) in [7, 11) is 0. The predicted octanol–water partition coefficient (Wildman–Crippen LogP) is 2.40. The van der Waals surface area contributed by atoms with Crippen LogP contribution in [0.15, 0.2) is 10.9 Å². The van der Waals surface area contributed by atoms with Crippen LogP contribution in [0.3, 0.4) is 0 Å². The molecule has 0 fully saturated rings. The van der Waals surface area contributed by atoms with Crippen molar-refractivity contribution in [3.05, 3.63) is 27.9 Å². The Morgan fingerprint density at radius 3 is 2.93 bits per heavy atom. The maximum atomic E-state index is 11.2. The van der Waals surface area contributed by atoms with Crippen molar-refractivity contribution in [2.24, 2.45) is 5.92 Å². The normalized spacial score (nSPS) is 10.9. The van der Waals surface area contributed by atoms with Crippen LogP contribution in [0.2, 0.25) is 0 Å². The highest BCUT2D eigenvalue weighted by Crippen LogP contribution is 2.12. The second kappa shape index (κ2) is 6.18. The summed E-state index contributed by atoms with van der Waals surface area (Å²) in [6.45, 7) is 4.33. The lowest BCUT2D eigenvalue weighted by Crippen LogP contribution is -2.11. The molecule has 0 aliphatic heterocycles. The average Bonchev–Trinajstić information content (AvgIpc) is 2.16. The Hall–Kier alpha value is -0.480. The second-order valence-electron chi connectivity index (χ2n) is 3.73. The molecule has 0 aromatic carbocycles. The minimum absolute atomic E-state index is 0.124. The summed E-state index contributed by atoms with van der Waals surface area (Å²) < 4.78 is 0. The number of alkyl halides is 1. The molecule has 0 saturated heterocycles. The van der Waals surface area contributed by atoms with Crippen LogP contribution in [0.4, 0.5) is 0 Å². The van der Waals surface area contributed by atoms with Crippen LogP contribution in [-0.4, -0.2) is 15.7 Å². The number of thioether (sulfide) groups is 1. The van der Waals surface area contributed by atoms with Crippen molar-refractivity contribution < 1.29 is 0 Å². The Bertz CT molecular complexity index is 365. The van der Waals surface area contributed by atoms with Crippen molar-refractivity contribution in [1.82, 2.24) is 9.97 Å². The van der Waals surface area contributed by atoms with E-state index in [0.717, 1.165) is 11.5 Å². The number of nitrogens with one attached hydrogen (secondary N) is 1. The molecule has 0 saturated carbocycles. The molecule has 0 bridgehead atoms. The summed E-state index contributed by atoms with van der Waals surface area (Å²) in [6, 6.07) is 1.43. The molecule has 84 valence electrons. The molecule has 0 spiro atoms. The Kier molecular flexibility index (Phi) is 5.19. The van der Waals surface area contributed by atoms with Gasteiger partial charge in [0, 0.05) is 6.07 Å². The van der Waals surface area contributed by atoms with Crippen LogP contribution in [0.5, 0.6) is 0 Å². The van der Waals surface area contributed by atoms with Crippen LogP contribution < -0.4 is 5.56 Å². The number of rotatable bonds is 5. The lowest BCUT2D eigenvalue weighted by Gasteiger charge is -2.04. The fourth-order valence-corrected chi connectivity index (χ4v) is 2.15. The molecule has 1 N–H and O–H groups in total. The van der Waals surface area contributed by atoms with Gasteiger partial charge in [-0.05, 0) is 11.7 Å². The molecule has 5 heteroatoms. The van der Waals surface area contributed by atoms with Gasteiger partial charge in [-0.1, -0.05) is 13.8 Å². The van der Waals surface area contributed by atoms with E-state index in [4.69, 9.17) is 11.6 Å². The number of halogens is 1. The number of nitrogens with zero attached hydrogens (tertiary/aromatic N) is 1. The SMILES string of the molecule is CC(C)CSCc1nc(CCl)cc(=O)[nH]1. The van der Waals surface area contributed by atoms with E-state index in [1.165, 1.54) is 6.07 Å². The quantitative estimate of drug-likeness (QED) is 0.812. The Morgan fingerprint density at radius 2 is 2.33 bits per heavy atom. The van der Waals surface area contributed by atoms with Crippen molar-refractivity contribution in [3.8, 4) is 0 Å². The zero-order valence-electron chi connectivity index (χ0n) is 8.92. The van der Waals surface area contributed by atoms with Gasteiger partial charge < -0.3 is 4.98 Å². The molecular weight excluding hydrogens is 232 g/mol. The number of hydrogen-bond acceptors (Lipinski definition) is 3. The lowest BCUT2D eigenvalue weighted by molar-refractivity contribution is 0.749. The van der Waals surface area contributed by atoms with Gasteiger partial charge in [-0.3, -0.25) is 4.79 Å². The summed E-state index contributed by atoms with van der Waals surface area (Å²) in [6.07, 6.45) is 0. The maximum Gasteiger partial charge on any atom is 0.251 e. The molecule has 0 aliphatic rings.